The molecule has 3 N–H and O–H groups in total. The molecule has 1 unspecified atom stereocenters. The molecule has 2 aromatic rings. The number of aromatic nitrogens is 3. The normalized spacial score (nSPS) is 16.6. The van der Waals surface area contributed by atoms with Crippen molar-refractivity contribution in [3.63, 3.8) is 0 Å². The van der Waals surface area contributed by atoms with Crippen molar-refractivity contribution in [1.82, 2.24) is 25.8 Å². The molecule has 3 heterocycles. The van der Waals surface area contributed by atoms with E-state index in [1.165, 1.54) is 0 Å². The number of allylic oxidation sites excluding steroid dienone is 3. The Morgan fingerprint density at radius 3 is 2.91 bits per heavy atom. The van der Waals surface area contributed by atoms with Crippen LogP contribution in [-0.2, 0) is 16.0 Å². The van der Waals surface area contributed by atoms with Crippen LogP contribution in [0.2, 0.25) is 0 Å². The number of anilines is 1. The average Bonchev–Trinajstić information content (AvgIpc) is 3.33. The van der Waals surface area contributed by atoms with Gasteiger partial charge in [-0.05, 0) is 18.6 Å². The van der Waals surface area contributed by atoms with E-state index in [9.17, 15) is 9.59 Å². The highest BCUT2D eigenvalue weighted by molar-refractivity contribution is 5.86. The number of aryl methyl sites for hydroxylation is 1. The Morgan fingerprint density at radius 2 is 2.09 bits per heavy atom. The highest BCUT2D eigenvalue weighted by Crippen LogP contribution is 2.27. The van der Waals surface area contributed by atoms with Crippen molar-refractivity contribution in [2.45, 2.75) is 19.3 Å². The summed E-state index contributed by atoms with van der Waals surface area (Å²) >= 11 is 0. The van der Waals surface area contributed by atoms with Gasteiger partial charge in [-0.25, -0.2) is 4.98 Å². The molecule has 1 aliphatic heterocycles. The first-order chi connectivity index (χ1) is 16.1. The first-order valence-corrected chi connectivity index (χ1v) is 10.7. The number of pyridine rings is 1. The summed E-state index contributed by atoms with van der Waals surface area (Å²) in [5.74, 6) is 1.44. The lowest BCUT2D eigenvalue weighted by atomic mass is 9.93. The van der Waals surface area contributed by atoms with Gasteiger partial charge in [0.05, 0.1) is 5.92 Å². The monoisotopic (exact) mass is 448 g/mol. The number of azo groups is 1. The van der Waals surface area contributed by atoms with Gasteiger partial charge in [0.1, 0.15) is 5.82 Å². The van der Waals surface area contributed by atoms with Crippen molar-refractivity contribution < 1.29 is 14.1 Å². The zero-order chi connectivity index (χ0) is 23.0. The van der Waals surface area contributed by atoms with Crippen molar-refractivity contribution in [2.75, 3.05) is 25.5 Å². The van der Waals surface area contributed by atoms with Gasteiger partial charge in [-0.1, -0.05) is 29.5 Å². The molecule has 2 aromatic heterocycles. The molecule has 0 spiro atoms. The maximum absolute atomic E-state index is 12.1. The van der Waals surface area contributed by atoms with E-state index in [0.717, 1.165) is 17.0 Å². The van der Waals surface area contributed by atoms with E-state index in [1.54, 1.807) is 19.3 Å². The number of carbonyl (C=O) groups excluding carboxylic acids is 2. The molecule has 0 bridgehead atoms. The van der Waals surface area contributed by atoms with E-state index in [4.69, 9.17) is 4.52 Å². The van der Waals surface area contributed by atoms with Crippen LogP contribution >= 0.6 is 0 Å². The molecule has 2 amide bonds. The largest absolute Gasteiger partial charge is 0.373 e. The number of hydrogen-bond donors (Lipinski definition) is 3. The highest BCUT2D eigenvalue weighted by Gasteiger charge is 2.26. The van der Waals surface area contributed by atoms with Gasteiger partial charge in [-0.15, -0.1) is 10.2 Å². The average molecular weight is 448 g/mol. The van der Waals surface area contributed by atoms with Crippen LogP contribution in [0.4, 0.5) is 5.82 Å². The zero-order valence-corrected chi connectivity index (χ0v) is 18.1. The predicted molar refractivity (Wildman–Crippen MR) is 120 cm³/mol. The van der Waals surface area contributed by atoms with Crippen LogP contribution in [0.5, 0.6) is 0 Å². The second kappa shape index (κ2) is 10.4. The molecule has 11 nitrogen and oxygen atoms in total. The van der Waals surface area contributed by atoms with Crippen LogP contribution < -0.4 is 16.0 Å². The van der Waals surface area contributed by atoms with Gasteiger partial charge in [0.2, 0.25) is 17.6 Å². The molecule has 170 valence electrons. The van der Waals surface area contributed by atoms with Crippen LogP contribution in [0, 0.1) is 5.92 Å². The van der Waals surface area contributed by atoms with Gasteiger partial charge in [0.25, 0.3) is 5.91 Å². The molecule has 4 rings (SSSR count). The van der Waals surface area contributed by atoms with E-state index in [-0.39, 0.29) is 24.2 Å². The van der Waals surface area contributed by atoms with Crippen LogP contribution in [0.1, 0.15) is 18.7 Å². The van der Waals surface area contributed by atoms with Gasteiger partial charge in [-0.3, -0.25) is 9.59 Å². The summed E-state index contributed by atoms with van der Waals surface area (Å²) in [5.41, 5.74) is 1.55. The van der Waals surface area contributed by atoms with Crippen LogP contribution in [-0.4, -0.2) is 47.1 Å². The second-order valence-electron chi connectivity index (χ2n) is 7.39. The van der Waals surface area contributed by atoms with Gasteiger partial charge in [-0.2, -0.15) is 4.98 Å². The molecule has 33 heavy (non-hydrogen) atoms. The fourth-order valence-electron chi connectivity index (χ4n) is 3.32. The fraction of sp³-hybridized carbons (Fsp3) is 0.318. The SMILES string of the molecule is CNc1ccc(-c2noc(CCC(=O)NCCCNC3=C4C=CC=CC4C(=O)N=N3)n2)cn1. The molecule has 2 aliphatic rings. The molecule has 0 saturated heterocycles. The Balaban J connectivity index is 1.16. The third kappa shape index (κ3) is 5.56. The minimum absolute atomic E-state index is 0.0971. The number of amides is 2. The van der Waals surface area contributed by atoms with E-state index in [2.05, 4.69) is 41.3 Å². The maximum atomic E-state index is 12.1. The Morgan fingerprint density at radius 1 is 1.18 bits per heavy atom. The fourth-order valence-corrected chi connectivity index (χ4v) is 3.32. The Hall–Kier alpha value is -4.15. The Kier molecular flexibility index (Phi) is 6.98. The summed E-state index contributed by atoms with van der Waals surface area (Å²) in [6.07, 6.45) is 10.3. The van der Waals surface area contributed by atoms with Gasteiger partial charge in [0, 0.05) is 50.3 Å². The van der Waals surface area contributed by atoms with Gasteiger partial charge in [0.15, 0.2) is 5.82 Å². The molecule has 1 atom stereocenters. The quantitative estimate of drug-likeness (QED) is 0.469. The van der Waals surface area contributed by atoms with E-state index in [0.29, 0.717) is 43.5 Å². The standard InChI is InChI=1S/C22H24N8O3/c1-23-17-8-7-14(13-26-17)20-27-19(33-30-20)10-9-18(31)24-11-4-12-25-21-15-5-2-3-6-16(15)22(32)29-28-21/h2-3,5-8,13,16,25H,4,9-12H2,1H3,(H,23,26)(H,24,31). The molecule has 1 aliphatic carbocycles. The number of nitrogens with one attached hydrogen (secondary N) is 3. The zero-order valence-electron chi connectivity index (χ0n) is 18.1. The van der Waals surface area contributed by atoms with E-state index < -0.39 is 0 Å². The second-order valence-corrected chi connectivity index (χ2v) is 7.39. The van der Waals surface area contributed by atoms with Crippen LogP contribution in [0.3, 0.4) is 0 Å². The number of rotatable bonds is 10. The molecule has 0 radical (unpaired) electrons. The Labute approximate surface area is 190 Å². The molecule has 11 heteroatoms. The van der Waals surface area contributed by atoms with Crippen molar-refractivity contribution in [3.05, 3.63) is 59.9 Å². The van der Waals surface area contributed by atoms with Crippen molar-refractivity contribution in [1.29, 1.82) is 0 Å². The molecule has 0 saturated carbocycles. The summed E-state index contributed by atoms with van der Waals surface area (Å²) < 4.78 is 5.23. The topological polar surface area (TPSA) is 147 Å². The molecular weight excluding hydrogens is 424 g/mol. The lowest BCUT2D eigenvalue weighted by molar-refractivity contribution is -0.121. The summed E-state index contributed by atoms with van der Waals surface area (Å²) in [5, 5.41) is 20.6. The highest BCUT2D eigenvalue weighted by atomic mass is 16.5. The van der Waals surface area contributed by atoms with Gasteiger partial charge >= 0.3 is 0 Å². The van der Waals surface area contributed by atoms with E-state index >= 15 is 0 Å². The first-order valence-electron chi connectivity index (χ1n) is 10.7. The summed E-state index contributed by atoms with van der Waals surface area (Å²) in [6.45, 7) is 1.09. The van der Waals surface area contributed by atoms with Crippen molar-refractivity contribution >= 4 is 17.6 Å². The lowest BCUT2D eigenvalue weighted by Crippen LogP contribution is -2.28. The Bertz CT molecular complexity index is 1130. The maximum Gasteiger partial charge on any atom is 0.276 e. The number of fused-ring (bicyclic) bond motifs is 1. The smallest absolute Gasteiger partial charge is 0.276 e. The van der Waals surface area contributed by atoms with Crippen molar-refractivity contribution in [2.24, 2.45) is 16.1 Å². The number of nitrogens with zero attached hydrogens (tertiary/aromatic N) is 5. The summed E-state index contributed by atoms with van der Waals surface area (Å²) in [7, 11) is 1.79. The first kappa shape index (κ1) is 22.1. The minimum atomic E-state index is -0.371. The lowest BCUT2D eigenvalue weighted by Gasteiger charge is -2.20. The predicted octanol–water partition coefficient (Wildman–Crippen LogP) is 2.15. The van der Waals surface area contributed by atoms with E-state index in [1.807, 2.05) is 30.4 Å². The third-order valence-electron chi connectivity index (χ3n) is 5.09. The summed E-state index contributed by atoms with van der Waals surface area (Å²) in [6, 6.07) is 3.67. The van der Waals surface area contributed by atoms with Crippen LogP contribution in [0.25, 0.3) is 11.4 Å². The molecular formula is C22H24N8O3. The number of carbonyl (C=O) groups is 2. The third-order valence-corrected chi connectivity index (χ3v) is 5.09. The van der Waals surface area contributed by atoms with Crippen molar-refractivity contribution in [3.8, 4) is 11.4 Å². The molecule has 0 aromatic carbocycles. The molecule has 0 fully saturated rings. The van der Waals surface area contributed by atoms with Crippen LogP contribution in [0.15, 0.2) is 68.8 Å². The number of hydrogen-bond acceptors (Lipinski definition) is 9. The van der Waals surface area contributed by atoms with Gasteiger partial charge < -0.3 is 20.5 Å². The minimum Gasteiger partial charge on any atom is -0.373 e. The summed E-state index contributed by atoms with van der Waals surface area (Å²) in [4.78, 5) is 32.5.